The quantitative estimate of drug-likeness (QED) is 0.216. The molecule has 0 saturated heterocycles. The summed E-state index contributed by atoms with van der Waals surface area (Å²) in [4.78, 5) is 25.3. The summed E-state index contributed by atoms with van der Waals surface area (Å²) in [6, 6.07) is 20.1. The standard InChI is InChI=1S/C33H33FN2O4/c34-28-10-4-9-26-27(28)20-36(31(26)38)19-21-11-13-24(14-12-21)29(23-6-1-2-7-23)30(37)35-25-8-3-5-22(17-25)18-33(15-16-33)32(39)40/h3-5,8-14,17,20,23,29,38H,1-2,6-7,15-16,18-19H2,(H,35,37)(H,39,40)/t29-/m1/s1. The van der Waals surface area contributed by atoms with Crippen molar-refractivity contribution in [1.29, 1.82) is 0 Å². The van der Waals surface area contributed by atoms with Crippen LogP contribution < -0.4 is 5.32 Å². The van der Waals surface area contributed by atoms with Crippen LogP contribution in [0, 0.1) is 17.2 Å². The molecule has 6 rings (SSSR count). The normalized spacial score (nSPS) is 17.1. The number of hydrogen-bond donors (Lipinski definition) is 3. The van der Waals surface area contributed by atoms with Gasteiger partial charge in [-0.25, -0.2) is 4.39 Å². The topological polar surface area (TPSA) is 91.6 Å². The molecule has 1 aromatic heterocycles. The van der Waals surface area contributed by atoms with Crippen LogP contribution in [0.2, 0.25) is 0 Å². The molecule has 2 aliphatic carbocycles. The first-order chi connectivity index (χ1) is 19.3. The summed E-state index contributed by atoms with van der Waals surface area (Å²) >= 11 is 0. The monoisotopic (exact) mass is 540 g/mol. The molecule has 40 heavy (non-hydrogen) atoms. The van der Waals surface area contributed by atoms with Crippen molar-refractivity contribution in [3.8, 4) is 5.88 Å². The number of carbonyl (C=O) groups excluding carboxylic acids is 1. The van der Waals surface area contributed by atoms with Gasteiger partial charge in [0.15, 0.2) is 5.88 Å². The van der Waals surface area contributed by atoms with Crippen LogP contribution in [0.1, 0.15) is 61.1 Å². The zero-order chi connectivity index (χ0) is 27.9. The van der Waals surface area contributed by atoms with Crippen LogP contribution in [0.5, 0.6) is 5.88 Å². The van der Waals surface area contributed by atoms with Crippen LogP contribution in [0.3, 0.4) is 0 Å². The number of anilines is 1. The third-order valence-electron chi connectivity index (χ3n) is 8.74. The lowest BCUT2D eigenvalue weighted by molar-refractivity contribution is -0.143. The molecule has 1 atom stereocenters. The molecule has 7 heteroatoms. The lowest BCUT2D eigenvalue weighted by Crippen LogP contribution is -2.26. The molecule has 0 spiro atoms. The highest BCUT2D eigenvalue weighted by Gasteiger charge is 2.50. The average molecular weight is 541 g/mol. The molecule has 0 unspecified atom stereocenters. The van der Waals surface area contributed by atoms with Crippen molar-refractivity contribution < 1.29 is 24.2 Å². The fourth-order valence-electron chi connectivity index (χ4n) is 6.30. The van der Waals surface area contributed by atoms with Gasteiger partial charge in [-0.1, -0.05) is 55.3 Å². The summed E-state index contributed by atoms with van der Waals surface area (Å²) < 4.78 is 15.8. The van der Waals surface area contributed by atoms with E-state index in [-0.39, 0.29) is 29.4 Å². The molecule has 3 aromatic carbocycles. The van der Waals surface area contributed by atoms with Crippen LogP contribution in [-0.2, 0) is 22.6 Å². The number of hydrogen-bond acceptors (Lipinski definition) is 3. The largest absolute Gasteiger partial charge is 0.494 e. The second kappa shape index (κ2) is 10.5. The summed E-state index contributed by atoms with van der Waals surface area (Å²) in [5, 5.41) is 24.1. The van der Waals surface area contributed by atoms with Crippen molar-refractivity contribution in [2.45, 2.75) is 57.4 Å². The number of nitrogens with zero attached hydrogens (tertiary/aromatic N) is 1. The van der Waals surface area contributed by atoms with E-state index in [1.54, 1.807) is 22.9 Å². The number of carbonyl (C=O) groups is 2. The molecule has 0 radical (unpaired) electrons. The highest BCUT2D eigenvalue weighted by molar-refractivity contribution is 5.96. The van der Waals surface area contributed by atoms with E-state index in [0.29, 0.717) is 42.3 Å². The summed E-state index contributed by atoms with van der Waals surface area (Å²) in [6.45, 7) is 0.380. The van der Waals surface area contributed by atoms with Gasteiger partial charge in [-0.3, -0.25) is 9.59 Å². The Hall–Kier alpha value is -4.13. The van der Waals surface area contributed by atoms with Gasteiger partial charge in [-0.2, -0.15) is 0 Å². The predicted octanol–water partition coefficient (Wildman–Crippen LogP) is 6.85. The van der Waals surface area contributed by atoms with Crippen molar-refractivity contribution in [3.05, 3.63) is 95.4 Å². The van der Waals surface area contributed by atoms with E-state index in [2.05, 4.69) is 5.32 Å². The van der Waals surface area contributed by atoms with Gasteiger partial charge >= 0.3 is 5.97 Å². The lowest BCUT2D eigenvalue weighted by atomic mass is 9.83. The van der Waals surface area contributed by atoms with Gasteiger partial charge in [0.1, 0.15) is 5.82 Å². The average Bonchev–Trinajstić information content (AvgIpc) is 3.39. The zero-order valence-electron chi connectivity index (χ0n) is 22.3. The number of rotatable bonds is 9. The molecule has 0 bridgehead atoms. The van der Waals surface area contributed by atoms with E-state index < -0.39 is 11.4 Å². The lowest BCUT2D eigenvalue weighted by Gasteiger charge is -2.24. The second-order valence-corrected chi connectivity index (χ2v) is 11.5. The zero-order valence-corrected chi connectivity index (χ0v) is 22.3. The third-order valence-corrected chi connectivity index (χ3v) is 8.74. The smallest absolute Gasteiger partial charge is 0.309 e. The van der Waals surface area contributed by atoms with Gasteiger partial charge in [0.2, 0.25) is 5.91 Å². The van der Waals surface area contributed by atoms with E-state index >= 15 is 0 Å². The predicted molar refractivity (Wildman–Crippen MR) is 152 cm³/mol. The molecule has 6 nitrogen and oxygen atoms in total. The van der Waals surface area contributed by atoms with Crippen LogP contribution in [0.4, 0.5) is 10.1 Å². The second-order valence-electron chi connectivity index (χ2n) is 11.5. The Labute approximate surface area is 232 Å². The first kappa shape index (κ1) is 26.1. The molecule has 1 heterocycles. The molecule has 2 saturated carbocycles. The number of aliphatic carboxylic acids is 1. The number of aromatic hydroxyl groups is 1. The van der Waals surface area contributed by atoms with Crippen molar-refractivity contribution in [3.63, 3.8) is 0 Å². The highest BCUT2D eigenvalue weighted by Crippen LogP contribution is 2.48. The van der Waals surface area contributed by atoms with Gasteiger partial charge in [0.25, 0.3) is 0 Å². The SMILES string of the molecule is O=C(Nc1cccc(CC2(C(=O)O)CC2)c1)[C@@H](c1ccc(Cn2cc3c(F)cccc3c2O)cc1)C1CCCC1. The molecule has 4 aromatic rings. The van der Waals surface area contributed by atoms with Crippen molar-refractivity contribution in [1.82, 2.24) is 4.57 Å². The summed E-state index contributed by atoms with van der Waals surface area (Å²) in [7, 11) is 0. The fraction of sp³-hybridized carbons (Fsp3) is 0.333. The first-order valence-corrected chi connectivity index (χ1v) is 14.0. The summed E-state index contributed by atoms with van der Waals surface area (Å²) in [5.41, 5.74) is 2.83. The maximum absolute atomic E-state index is 14.2. The highest BCUT2D eigenvalue weighted by atomic mass is 19.1. The van der Waals surface area contributed by atoms with Gasteiger partial charge in [0.05, 0.1) is 17.9 Å². The maximum Gasteiger partial charge on any atom is 0.309 e. The summed E-state index contributed by atoms with van der Waals surface area (Å²) in [6.07, 6.45) is 7.68. The number of benzene rings is 3. The van der Waals surface area contributed by atoms with Crippen molar-refractivity contribution in [2.24, 2.45) is 11.3 Å². The first-order valence-electron chi connectivity index (χ1n) is 14.0. The van der Waals surface area contributed by atoms with Gasteiger partial charge in [-0.15, -0.1) is 0 Å². The van der Waals surface area contributed by atoms with Gasteiger partial charge in [-0.05, 0) is 79.0 Å². The maximum atomic E-state index is 14.2. The summed E-state index contributed by atoms with van der Waals surface area (Å²) in [5.74, 6) is -1.20. The number of halogens is 1. The molecule has 206 valence electrons. The van der Waals surface area contributed by atoms with E-state index in [1.807, 2.05) is 48.5 Å². The minimum atomic E-state index is -0.751. The minimum Gasteiger partial charge on any atom is -0.494 e. The van der Waals surface area contributed by atoms with Crippen LogP contribution in [0.15, 0.2) is 72.9 Å². The molecule has 1 amide bonds. The van der Waals surface area contributed by atoms with E-state index in [0.717, 1.165) is 42.4 Å². The Bertz CT molecular complexity index is 1570. The van der Waals surface area contributed by atoms with E-state index in [9.17, 15) is 24.2 Å². The van der Waals surface area contributed by atoms with Crippen LogP contribution >= 0.6 is 0 Å². The number of aromatic nitrogens is 1. The molecule has 2 fully saturated rings. The Balaban J connectivity index is 1.20. The number of amides is 1. The third kappa shape index (κ3) is 5.08. The number of carboxylic acids is 1. The number of fused-ring (bicyclic) bond motifs is 1. The minimum absolute atomic E-state index is 0.0278. The van der Waals surface area contributed by atoms with E-state index in [4.69, 9.17) is 0 Å². The molecule has 0 aliphatic heterocycles. The number of nitrogens with one attached hydrogen (secondary N) is 1. The molecular formula is C33H33FN2O4. The fourth-order valence-corrected chi connectivity index (χ4v) is 6.30. The Kier molecular flexibility index (Phi) is 6.82. The van der Waals surface area contributed by atoms with Crippen molar-refractivity contribution >= 4 is 28.3 Å². The van der Waals surface area contributed by atoms with Gasteiger partial charge < -0.3 is 20.1 Å². The van der Waals surface area contributed by atoms with E-state index in [1.165, 1.54) is 6.07 Å². The number of carboxylic acid groups (broad SMARTS) is 1. The van der Waals surface area contributed by atoms with Crippen LogP contribution in [-0.4, -0.2) is 26.7 Å². The molecular weight excluding hydrogens is 507 g/mol. The van der Waals surface area contributed by atoms with Crippen LogP contribution in [0.25, 0.3) is 10.8 Å². The Morgan fingerprint density at radius 3 is 2.38 bits per heavy atom. The Morgan fingerprint density at radius 2 is 1.70 bits per heavy atom. The molecule has 3 N–H and O–H groups in total. The molecule has 2 aliphatic rings. The van der Waals surface area contributed by atoms with Gasteiger partial charge in [0, 0.05) is 22.7 Å². The van der Waals surface area contributed by atoms with Crippen molar-refractivity contribution in [2.75, 3.05) is 5.32 Å². The Morgan fingerprint density at radius 1 is 0.975 bits per heavy atom.